The number of carboxylic acids is 1. The summed E-state index contributed by atoms with van der Waals surface area (Å²) in [5, 5.41) is 35.0. The lowest BCUT2D eigenvalue weighted by atomic mass is 9.98. The number of unbranched alkanes of at least 4 members (excludes halogenated alkanes) is 3. The molecule has 0 aliphatic heterocycles. The van der Waals surface area contributed by atoms with Crippen LogP contribution in [0.2, 0.25) is 0 Å². The number of nitro benzene ring substituents is 2. The average molecular weight is 353 g/mol. The van der Waals surface area contributed by atoms with E-state index in [-0.39, 0.29) is 17.7 Å². The molecule has 1 aromatic rings. The number of benzene rings is 1. The fraction of sp³-hybridized carbons (Fsp3) is 0.562. The minimum absolute atomic E-state index is 0.0154. The molecule has 9 nitrogen and oxygen atoms in total. The SMILES string of the molecule is CCCCCCNc1c([N+](=O)[O-])cc(C(=O)O)c(CCC)c1[N+](=O)[O-]. The summed E-state index contributed by atoms with van der Waals surface area (Å²) in [6.07, 6.45) is 4.28. The Morgan fingerprint density at radius 3 is 2.28 bits per heavy atom. The Morgan fingerprint density at radius 2 is 1.80 bits per heavy atom. The third-order valence-electron chi connectivity index (χ3n) is 3.83. The van der Waals surface area contributed by atoms with Gasteiger partial charge in [-0.2, -0.15) is 0 Å². The molecule has 0 atom stereocenters. The molecule has 0 heterocycles. The van der Waals surface area contributed by atoms with Crippen molar-refractivity contribution in [2.24, 2.45) is 0 Å². The van der Waals surface area contributed by atoms with Crippen LogP contribution >= 0.6 is 0 Å². The third kappa shape index (κ3) is 5.13. The molecule has 138 valence electrons. The molecule has 0 aliphatic rings. The van der Waals surface area contributed by atoms with E-state index in [1.165, 1.54) is 0 Å². The molecule has 9 heteroatoms. The first-order valence-electron chi connectivity index (χ1n) is 8.30. The van der Waals surface area contributed by atoms with Crippen molar-refractivity contribution in [3.05, 3.63) is 37.4 Å². The van der Waals surface area contributed by atoms with E-state index >= 15 is 0 Å². The van der Waals surface area contributed by atoms with Gasteiger partial charge in [-0.25, -0.2) is 4.79 Å². The van der Waals surface area contributed by atoms with E-state index in [9.17, 15) is 30.1 Å². The number of hydrogen-bond acceptors (Lipinski definition) is 6. The quantitative estimate of drug-likeness (QED) is 0.346. The van der Waals surface area contributed by atoms with Gasteiger partial charge in [0, 0.05) is 18.2 Å². The van der Waals surface area contributed by atoms with E-state index in [1.54, 1.807) is 6.92 Å². The summed E-state index contributed by atoms with van der Waals surface area (Å²) in [6, 6.07) is 0.911. The van der Waals surface area contributed by atoms with Gasteiger partial charge in [-0.15, -0.1) is 0 Å². The van der Waals surface area contributed by atoms with Gasteiger partial charge in [-0.05, 0) is 12.8 Å². The molecule has 1 rings (SSSR count). The van der Waals surface area contributed by atoms with Crippen molar-refractivity contribution in [3.63, 3.8) is 0 Å². The van der Waals surface area contributed by atoms with Crippen molar-refractivity contribution in [1.82, 2.24) is 0 Å². The summed E-state index contributed by atoms with van der Waals surface area (Å²) >= 11 is 0. The molecule has 0 amide bonds. The largest absolute Gasteiger partial charge is 0.478 e. The van der Waals surface area contributed by atoms with Crippen LogP contribution in [-0.4, -0.2) is 27.5 Å². The zero-order valence-electron chi connectivity index (χ0n) is 14.4. The first kappa shape index (κ1) is 20.3. The van der Waals surface area contributed by atoms with Crippen LogP contribution < -0.4 is 5.32 Å². The van der Waals surface area contributed by atoms with Gasteiger partial charge < -0.3 is 10.4 Å². The highest BCUT2D eigenvalue weighted by Crippen LogP contribution is 2.40. The normalized spacial score (nSPS) is 10.5. The molecule has 2 N–H and O–H groups in total. The molecule has 25 heavy (non-hydrogen) atoms. The van der Waals surface area contributed by atoms with Crippen LogP contribution in [0.3, 0.4) is 0 Å². The van der Waals surface area contributed by atoms with Crippen molar-refractivity contribution < 1.29 is 19.7 Å². The zero-order chi connectivity index (χ0) is 19.0. The predicted molar refractivity (Wildman–Crippen MR) is 93.3 cm³/mol. The molecule has 0 bridgehead atoms. The Morgan fingerprint density at radius 1 is 1.12 bits per heavy atom. The third-order valence-corrected chi connectivity index (χ3v) is 3.83. The monoisotopic (exact) mass is 353 g/mol. The first-order valence-corrected chi connectivity index (χ1v) is 8.30. The second kappa shape index (κ2) is 9.55. The molecule has 0 unspecified atom stereocenters. The van der Waals surface area contributed by atoms with E-state index in [0.717, 1.165) is 25.3 Å². The number of rotatable bonds is 11. The number of nitro groups is 2. The van der Waals surface area contributed by atoms with Crippen LogP contribution in [-0.2, 0) is 6.42 Å². The lowest BCUT2D eigenvalue weighted by Gasteiger charge is -2.13. The van der Waals surface area contributed by atoms with Crippen molar-refractivity contribution in [2.75, 3.05) is 11.9 Å². The van der Waals surface area contributed by atoms with Crippen LogP contribution in [0, 0.1) is 20.2 Å². The van der Waals surface area contributed by atoms with E-state index in [0.29, 0.717) is 19.4 Å². The van der Waals surface area contributed by atoms with Gasteiger partial charge in [0.15, 0.2) is 5.69 Å². The molecule has 0 fully saturated rings. The maximum atomic E-state index is 11.6. The molecule has 0 saturated carbocycles. The summed E-state index contributed by atoms with van der Waals surface area (Å²) in [4.78, 5) is 32.8. The Bertz CT molecular complexity index is 660. The van der Waals surface area contributed by atoms with Gasteiger partial charge in [0.25, 0.3) is 5.69 Å². The number of aromatic carboxylic acids is 1. The standard InChI is InChI=1S/C16H23N3O6/c1-3-5-6-7-9-17-14-13(18(22)23)10-12(16(20)21)11(8-4-2)15(14)19(24)25/h10,17H,3-9H2,1-2H3,(H,20,21). The van der Waals surface area contributed by atoms with Crippen LogP contribution in [0.1, 0.15) is 61.9 Å². The van der Waals surface area contributed by atoms with Crippen LogP contribution in [0.4, 0.5) is 17.1 Å². The van der Waals surface area contributed by atoms with Gasteiger partial charge in [0.1, 0.15) is 0 Å². The summed E-state index contributed by atoms with van der Waals surface area (Å²) in [5.74, 6) is -1.41. The van der Waals surface area contributed by atoms with Crippen molar-refractivity contribution in [2.45, 2.75) is 52.4 Å². The molecular weight excluding hydrogens is 330 g/mol. The molecule has 0 radical (unpaired) electrons. The highest BCUT2D eigenvalue weighted by molar-refractivity contribution is 5.95. The van der Waals surface area contributed by atoms with E-state index in [2.05, 4.69) is 5.32 Å². The summed E-state index contributed by atoms with van der Waals surface area (Å²) < 4.78 is 0. The predicted octanol–water partition coefficient (Wildman–Crippen LogP) is 4.15. The molecule has 0 saturated heterocycles. The minimum atomic E-state index is -1.41. The summed E-state index contributed by atoms with van der Waals surface area (Å²) in [5.41, 5.74) is -1.68. The summed E-state index contributed by atoms with van der Waals surface area (Å²) in [6.45, 7) is 4.15. The summed E-state index contributed by atoms with van der Waals surface area (Å²) in [7, 11) is 0. The lowest BCUT2D eigenvalue weighted by molar-refractivity contribution is -0.392. The van der Waals surface area contributed by atoms with E-state index in [4.69, 9.17) is 0 Å². The fourth-order valence-corrected chi connectivity index (χ4v) is 2.67. The molecule has 0 aliphatic carbocycles. The van der Waals surface area contributed by atoms with Gasteiger partial charge >= 0.3 is 11.7 Å². The maximum Gasteiger partial charge on any atom is 0.336 e. The number of anilines is 1. The Balaban J connectivity index is 3.43. The Labute approximate surface area is 145 Å². The van der Waals surface area contributed by atoms with Gasteiger partial charge in [-0.1, -0.05) is 39.5 Å². The number of carboxylic acid groups (broad SMARTS) is 1. The Kier molecular flexibility index (Phi) is 7.77. The first-order chi connectivity index (χ1) is 11.8. The second-order valence-corrected chi connectivity index (χ2v) is 5.70. The number of nitrogens with zero attached hydrogens (tertiary/aromatic N) is 2. The smallest absolute Gasteiger partial charge is 0.336 e. The van der Waals surface area contributed by atoms with Crippen molar-refractivity contribution >= 4 is 23.0 Å². The number of hydrogen-bond donors (Lipinski definition) is 2. The average Bonchev–Trinajstić information content (AvgIpc) is 2.53. The van der Waals surface area contributed by atoms with E-state index < -0.39 is 32.8 Å². The molecule has 0 aromatic heterocycles. The highest BCUT2D eigenvalue weighted by atomic mass is 16.6. The maximum absolute atomic E-state index is 11.6. The second-order valence-electron chi connectivity index (χ2n) is 5.70. The lowest BCUT2D eigenvalue weighted by Crippen LogP contribution is -2.13. The molecular formula is C16H23N3O6. The topological polar surface area (TPSA) is 136 Å². The van der Waals surface area contributed by atoms with Crippen LogP contribution in [0.25, 0.3) is 0 Å². The molecule has 1 aromatic carbocycles. The van der Waals surface area contributed by atoms with Crippen LogP contribution in [0.15, 0.2) is 6.07 Å². The van der Waals surface area contributed by atoms with Crippen molar-refractivity contribution in [1.29, 1.82) is 0 Å². The van der Waals surface area contributed by atoms with Crippen LogP contribution in [0.5, 0.6) is 0 Å². The van der Waals surface area contributed by atoms with Gasteiger partial charge in [0.2, 0.25) is 0 Å². The zero-order valence-corrected chi connectivity index (χ0v) is 14.4. The molecule has 0 spiro atoms. The van der Waals surface area contributed by atoms with Gasteiger partial charge in [-0.3, -0.25) is 20.2 Å². The highest BCUT2D eigenvalue weighted by Gasteiger charge is 2.33. The Hall–Kier alpha value is -2.71. The fourth-order valence-electron chi connectivity index (χ4n) is 2.67. The number of nitrogens with one attached hydrogen (secondary N) is 1. The van der Waals surface area contributed by atoms with Gasteiger partial charge in [0.05, 0.1) is 15.4 Å². The van der Waals surface area contributed by atoms with E-state index in [1.807, 2.05) is 6.92 Å². The number of carbonyl (C=O) groups is 1. The minimum Gasteiger partial charge on any atom is -0.478 e. The van der Waals surface area contributed by atoms with Crippen molar-refractivity contribution in [3.8, 4) is 0 Å².